The quantitative estimate of drug-likeness (QED) is 0.696. The van der Waals surface area contributed by atoms with Crippen molar-refractivity contribution in [2.45, 2.75) is 25.8 Å². The van der Waals surface area contributed by atoms with E-state index in [-0.39, 0.29) is 5.92 Å². The molecular weight excluding hydrogens is 276 g/mol. The third kappa shape index (κ3) is 2.09. The molecule has 1 aromatic carbocycles. The maximum Gasteiger partial charge on any atom is 0.123 e. The summed E-state index contributed by atoms with van der Waals surface area (Å²) in [5.74, 6) is 0.193. The van der Waals surface area contributed by atoms with Gasteiger partial charge in [0.15, 0.2) is 0 Å². The van der Waals surface area contributed by atoms with Crippen LogP contribution in [0.1, 0.15) is 24.6 Å². The fourth-order valence-electron chi connectivity index (χ4n) is 2.96. The minimum Gasteiger partial charge on any atom is -0.303 e. The van der Waals surface area contributed by atoms with Gasteiger partial charge >= 0.3 is 0 Å². The van der Waals surface area contributed by atoms with Crippen LogP contribution in [0.15, 0.2) is 36.7 Å². The molecule has 22 heavy (non-hydrogen) atoms. The number of carbonyl (C=O) groups is 1. The van der Waals surface area contributed by atoms with Crippen LogP contribution in [0.3, 0.4) is 0 Å². The van der Waals surface area contributed by atoms with Crippen molar-refractivity contribution in [3.05, 3.63) is 42.4 Å². The smallest absolute Gasteiger partial charge is 0.123 e. The van der Waals surface area contributed by atoms with Gasteiger partial charge in [-0.25, -0.2) is 4.98 Å². The average Bonchev–Trinajstić information content (AvgIpc) is 2.87. The number of aromatic nitrogens is 4. The van der Waals surface area contributed by atoms with Gasteiger partial charge in [0, 0.05) is 17.7 Å². The van der Waals surface area contributed by atoms with E-state index in [1.807, 2.05) is 42.1 Å². The van der Waals surface area contributed by atoms with Crippen molar-refractivity contribution in [2.75, 3.05) is 0 Å². The molecule has 1 aliphatic carbocycles. The second-order valence-corrected chi connectivity index (χ2v) is 5.87. The molecule has 1 saturated carbocycles. The van der Waals surface area contributed by atoms with Gasteiger partial charge in [0.05, 0.1) is 34.7 Å². The first-order valence-corrected chi connectivity index (χ1v) is 7.48. The normalized spacial score (nSPS) is 20.8. The number of nitrogens with zero attached hydrogens (tertiary/aromatic N) is 4. The van der Waals surface area contributed by atoms with Gasteiger partial charge in [-0.05, 0) is 31.9 Å². The van der Waals surface area contributed by atoms with Crippen molar-refractivity contribution in [1.82, 2.24) is 19.7 Å². The van der Waals surface area contributed by atoms with Gasteiger partial charge in [0.25, 0.3) is 0 Å². The monoisotopic (exact) mass is 292 g/mol. The van der Waals surface area contributed by atoms with Crippen LogP contribution in [0.25, 0.3) is 22.3 Å². The van der Waals surface area contributed by atoms with E-state index in [0.29, 0.717) is 6.04 Å². The molecule has 1 aliphatic rings. The third-order valence-corrected chi connectivity index (χ3v) is 4.36. The largest absolute Gasteiger partial charge is 0.303 e. The van der Waals surface area contributed by atoms with Gasteiger partial charge in [-0.1, -0.05) is 12.1 Å². The second-order valence-electron chi connectivity index (χ2n) is 5.87. The molecule has 4 rings (SSSR count). The molecule has 0 saturated heterocycles. The second kappa shape index (κ2) is 5.02. The Kier molecular flexibility index (Phi) is 2.99. The van der Waals surface area contributed by atoms with Crippen LogP contribution in [0.4, 0.5) is 0 Å². The summed E-state index contributed by atoms with van der Waals surface area (Å²) in [5.41, 5.74) is 4.57. The third-order valence-electron chi connectivity index (χ3n) is 4.36. The summed E-state index contributed by atoms with van der Waals surface area (Å²) in [5, 5.41) is 4.59. The first-order chi connectivity index (χ1) is 10.7. The zero-order chi connectivity index (χ0) is 15.1. The summed E-state index contributed by atoms with van der Waals surface area (Å²) in [7, 11) is 0. The van der Waals surface area contributed by atoms with Gasteiger partial charge in [-0.2, -0.15) is 5.10 Å². The van der Waals surface area contributed by atoms with E-state index in [4.69, 9.17) is 0 Å². The van der Waals surface area contributed by atoms with Crippen LogP contribution in [0.2, 0.25) is 0 Å². The van der Waals surface area contributed by atoms with Crippen LogP contribution in [0.5, 0.6) is 0 Å². The number of rotatable bonds is 3. The van der Waals surface area contributed by atoms with Crippen molar-refractivity contribution >= 4 is 17.3 Å². The molecule has 0 aliphatic heterocycles. The zero-order valence-corrected chi connectivity index (χ0v) is 12.3. The summed E-state index contributed by atoms with van der Waals surface area (Å²) < 4.78 is 1.97. The number of benzene rings is 1. The van der Waals surface area contributed by atoms with Crippen LogP contribution >= 0.6 is 0 Å². The van der Waals surface area contributed by atoms with Crippen molar-refractivity contribution in [3.8, 4) is 11.3 Å². The summed E-state index contributed by atoms with van der Waals surface area (Å²) in [6, 6.07) is 8.17. The van der Waals surface area contributed by atoms with E-state index in [1.165, 1.54) is 0 Å². The van der Waals surface area contributed by atoms with Crippen molar-refractivity contribution in [2.24, 2.45) is 5.92 Å². The Morgan fingerprint density at radius 3 is 2.77 bits per heavy atom. The molecule has 110 valence electrons. The fraction of sp³-hybridized carbons (Fsp3) is 0.294. The zero-order valence-electron chi connectivity index (χ0n) is 12.3. The lowest BCUT2D eigenvalue weighted by Crippen LogP contribution is -2.27. The number of hydrogen-bond acceptors (Lipinski definition) is 4. The van der Waals surface area contributed by atoms with Gasteiger partial charge in [-0.3, -0.25) is 9.67 Å². The van der Waals surface area contributed by atoms with Crippen LogP contribution in [0, 0.1) is 12.8 Å². The minimum atomic E-state index is 0.193. The maximum absolute atomic E-state index is 10.7. The Balaban J connectivity index is 1.69. The van der Waals surface area contributed by atoms with Gasteiger partial charge in [-0.15, -0.1) is 0 Å². The molecule has 0 unspecified atom stereocenters. The van der Waals surface area contributed by atoms with Gasteiger partial charge in [0.2, 0.25) is 0 Å². The number of aryl methyl sites for hydroxylation is 1. The molecule has 3 aromatic rings. The number of aldehydes is 1. The molecule has 0 amide bonds. The van der Waals surface area contributed by atoms with E-state index in [1.54, 1.807) is 6.20 Å². The number of fused-ring (bicyclic) bond motifs is 1. The Hall–Kier alpha value is -2.56. The molecule has 2 aromatic heterocycles. The minimum absolute atomic E-state index is 0.193. The molecule has 0 N–H and O–H groups in total. The van der Waals surface area contributed by atoms with Gasteiger partial charge < -0.3 is 4.79 Å². The number of carbonyl (C=O) groups excluding carboxylic acids is 1. The summed E-state index contributed by atoms with van der Waals surface area (Å²) in [6.45, 7) is 1.98. The van der Waals surface area contributed by atoms with Crippen molar-refractivity contribution in [1.29, 1.82) is 0 Å². The molecule has 0 spiro atoms. The molecule has 2 heterocycles. The van der Waals surface area contributed by atoms with E-state index in [9.17, 15) is 4.79 Å². The predicted octanol–water partition coefficient (Wildman–Crippen LogP) is 2.95. The Morgan fingerprint density at radius 1 is 1.23 bits per heavy atom. The highest BCUT2D eigenvalue weighted by Gasteiger charge is 2.31. The lowest BCUT2D eigenvalue weighted by molar-refractivity contribution is -0.114. The number of hydrogen-bond donors (Lipinski definition) is 0. The number of para-hydroxylation sites is 2. The Morgan fingerprint density at radius 2 is 2.00 bits per heavy atom. The average molecular weight is 292 g/mol. The van der Waals surface area contributed by atoms with Crippen molar-refractivity contribution in [3.63, 3.8) is 0 Å². The Bertz CT molecular complexity index is 849. The van der Waals surface area contributed by atoms with E-state index < -0.39 is 0 Å². The lowest BCUT2D eigenvalue weighted by Gasteiger charge is -2.31. The summed E-state index contributed by atoms with van der Waals surface area (Å²) >= 11 is 0. The van der Waals surface area contributed by atoms with E-state index in [0.717, 1.165) is 47.1 Å². The lowest BCUT2D eigenvalue weighted by atomic mass is 9.81. The first-order valence-electron chi connectivity index (χ1n) is 7.48. The predicted molar refractivity (Wildman–Crippen MR) is 83.3 cm³/mol. The highest BCUT2D eigenvalue weighted by molar-refractivity contribution is 5.77. The SMILES string of the molecule is Cc1nn(C2CC(C=O)C2)cc1-c1cnc2ccccc2n1. The van der Waals surface area contributed by atoms with Gasteiger partial charge in [0.1, 0.15) is 6.29 Å². The topological polar surface area (TPSA) is 60.7 Å². The van der Waals surface area contributed by atoms with E-state index in [2.05, 4.69) is 15.1 Å². The first kappa shape index (κ1) is 13.1. The van der Waals surface area contributed by atoms with Crippen LogP contribution < -0.4 is 0 Å². The van der Waals surface area contributed by atoms with Crippen LogP contribution in [-0.4, -0.2) is 26.0 Å². The fourth-order valence-corrected chi connectivity index (χ4v) is 2.96. The molecule has 5 heteroatoms. The molecule has 1 fully saturated rings. The molecule has 0 bridgehead atoms. The highest BCUT2D eigenvalue weighted by atomic mass is 16.1. The van der Waals surface area contributed by atoms with Crippen LogP contribution in [-0.2, 0) is 4.79 Å². The molecule has 0 radical (unpaired) electrons. The van der Waals surface area contributed by atoms with Crippen molar-refractivity contribution < 1.29 is 4.79 Å². The molecular formula is C17H16N4O. The van der Waals surface area contributed by atoms with E-state index >= 15 is 0 Å². The summed E-state index contributed by atoms with van der Waals surface area (Å²) in [4.78, 5) is 19.9. The highest BCUT2D eigenvalue weighted by Crippen LogP contribution is 2.37. The molecule has 0 atom stereocenters. The standard InChI is InChI=1S/C17H16N4O/c1-11-14(9-21(20-11)13-6-12(7-13)10-22)17-8-18-15-4-2-3-5-16(15)19-17/h2-5,8-10,12-13H,6-7H2,1H3. The Labute approximate surface area is 128 Å². The molecule has 5 nitrogen and oxygen atoms in total. The maximum atomic E-state index is 10.7. The summed E-state index contributed by atoms with van der Waals surface area (Å²) in [6.07, 6.45) is 6.63.